The summed E-state index contributed by atoms with van der Waals surface area (Å²) in [6.07, 6.45) is -1.08. The Balaban J connectivity index is 1.71. The van der Waals surface area contributed by atoms with Crippen LogP contribution in [0.15, 0.2) is 0 Å². The molecule has 0 spiro atoms. The van der Waals surface area contributed by atoms with Gasteiger partial charge >= 0.3 is 0 Å². The van der Waals surface area contributed by atoms with Crippen molar-refractivity contribution < 1.29 is 24.1 Å². The van der Waals surface area contributed by atoms with Crippen molar-refractivity contribution in [2.24, 2.45) is 5.92 Å². The Hall–Kier alpha value is -0.300. The van der Waals surface area contributed by atoms with E-state index in [0.29, 0.717) is 38.4 Å². The molecule has 112 valence electrons. The van der Waals surface area contributed by atoms with Crippen LogP contribution in [-0.2, 0) is 0 Å². The number of aliphatic hydroxyl groups is 3. The van der Waals surface area contributed by atoms with Gasteiger partial charge in [-0.1, -0.05) is 0 Å². The predicted octanol–water partition coefficient (Wildman–Crippen LogP) is 0.600. The summed E-state index contributed by atoms with van der Waals surface area (Å²) in [6, 6.07) is 0. The number of piperidine rings is 1. The van der Waals surface area contributed by atoms with Crippen molar-refractivity contribution in [2.45, 2.75) is 56.3 Å². The molecule has 0 aromatic heterocycles. The van der Waals surface area contributed by atoms with Gasteiger partial charge < -0.3 is 15.3 Å². The Morgan fingerprint density at radius 2 is 1.53 bits per heavy atom. The molecule has 0 aromatic carbocycles. The van der Waals surface area contributed by atoms with E-state index in [9.17, 15) is 24.1 Å². The Bertz CT molecular complexity index is 282. The van der Waals surface area contributed by atoms with Gasteiger partial charge in [0.25, 0.3) is 0 Å². The SMILES string of the molecule is O[C@H]1[C@H](O)CN(CCC2CCC(F)(F)CC2)C[C@@H]1O. The Labute approximate surface area is 112 Å². The molecule has 1 aliphatic heterocycles. The lowest BCUT2D eigenvalue weighted by molar-refractivity contribution is -0.111. The lowest BCUT2D eigenvalue weighted by Gasteiger charge is -2.38. The van der Waals surface area contributed by atoms with Crippen molar-refractivity contribution in [3.63, 3.8) is 0 Å². The van der Waals surface area contributed by atoms with Gasteiger partial charge in [0.2, 0.25) is 5.92 Å². The van der Waals surface area contributed by atoms with E-state index in [-0.39, 0.29) is 12.8 Å². The maximum Gasteiger partial charge on any atom is 0.248 e. The lowest BCUT2D eigenvalue weighted by Crippen LogP contribution is -2.55. The van der Waals surface area contributed by atoms with Gasteiger partial charge in [-0.05, 0) is 31.7 Å². The topological polar surface area (TPSA) is 63.9 Å². The fourth-order valence-corrected chi connectivity index (χ4v) is 3.01. The number of rotatable bonds is 3. The Morgan fingerprint density at radius 1 is 1.00 bits per heavy atom. The van der Waals surface area contributed by atoms with Crippen molar-refractivity contribution in [2.75, 3.05) is 19.6 Å². The number of hydrogen-bond donors (Lipinski definition) is 3. The highest BCUT2D eigenvalue weighted by atomic mass is 19.3. The smallest absolute Gasteiger partial charge is 0.248 e. The van der Waals surface area contributed by atoms with Crippen LogP contribution in [0.4, 0.5) is 8.78 Å². The van der Waals surface area contributed by atoms with Crippen molar-refractivity contribution in [3.05, 3.63) is 0 Å². The number of nitrogens with zero attached hydrogens (tertiary/aromatic N) is 1. The van der Waals surface area contributed by atoms with E-state index in [1.165, 1.54) is 0 Å². The number of aliphatic hydroxyl groups excluding tert-OH is 3. The summed E-state index contributed by atoms with van der Waals surface area (Å²) < 4.78 is 26.0. The molecule has 3 atom stereocenters. The van der Waals surface area contributed by atoms with E-state index >= 15 is 0 Å². The molecule has 6 heteroatoms. The molecule has 19 heavy (non-hydrogen) atoms. The van der Waals surface area contributed by atoms with Gasteiger partial charge in [0.05, 0.1) is 12.2 Å². The van der Waals surface area contributed by atoms with E-state index in [1.807, 2.05) is 4.90 Å². The average Bonchev–Trinajstić information content (AvgIpc) is 2.34. The van der Waals surface area contributed by atoms with Crippen LogP contribution in [0.25, 0.3) is 0 Å². The molecule has 3 N–H and O–H groups in total. The van der Waals surface area contributed by atoms with Crippen LogP contribution >= 0.6 is 0 Å². The number of alkyl halides is 2. The van der Waals surface area contributed by atoms with Gasteiger partial charge in [0.15, 0.2) is 0 Å². The van der Waals surface area contributed by atoms with Crippen LogP contribution in [0.2, 0.25) is 0 Å². The number of halogens is 2. The largest absolute Gasteiger partial charge is 0.389 e. The molecule has 0 unspecified atom stereocenters. The molecule has 1 saturated heterocycles. The fraction of sp³-hybridized carbons (Fsp3) is 1.00. The van der Waals surface area contributed by atoms with Gasteiger partial charge in [-0.15, -0.1) is 0 Å². The standard InChI is InChI=1S/C13H23F2NO3/c14-13(15)4-1-9(2-5-13)3-6-16-7-10(17)12(19)11(18)8-16/h9-12,17-19H,1-8H2/t10-,11+,12+. The molecule has 4 nitrogen and oxygen atoms in total. The molecule has 2 fully saturated rings. The van der Waals surface area contributed by atoms with E-state index < -0.39 is 24.2 Å². The first-order valence-electron chi connectivity index (χ1n) is 7.02. The third kappa shape index (κ3) is 4.08. The maximum absolute atomic E-state index is 13.0. The second kappa shape index (κ2) is 5.99. The molecular formula is C13H23F2NO3. The highest BCUT2D eigenvalue weighted by Gasteiger charge is 2.36. The van der Waals surface area contributed by atoms with Crippen LogP contribution in [-0.4, -0.2) is 64.1 Å². The molecule has 0 bridgehead atoms. The van der Waals surface area contributed by atoms with Gasteiger partial charge in [-0.25, -0.2) is 8.78 Å². The number of likely N-dealkylation sites (tertiary alicyclic amines) is 1. The normalized spacial score (nSPS) is 37.4. The summed E-state index contributed by atoms with van der Waals surface area (Å²) in [5, 5.41) is 28.6. The third-order valence-corrected chi connectivity index (χ3v) is 4.37. The zero-order valence-corrected chi connectivity index (χ0v) is 11.0. The molecule has 1 heterocycles. The Morgan fingerprint density at radius 3 is 2.05 bits per heavy atom. The first-order valence-corrected chi connectivity index (χ1v) is 7.02. The average molecular weight is 279 g/mol. The summed E-state index contributed by atoms with van der Waals surface area (Å²) in [5.74, 6) is -2.18. The summed E-state index contributed by atoms with van der Waals surface area (Å²) >= 11 is 0. The number of hydrogen-bond acceptors (Lipinski definition) is 4. The maximum atomic E-state index is 13.0. The van der Waals surface area contributed by atoms with Crippen molar-refractivity contribution in [3.8, 4) is 0 Å². The van der Waals surface area contributed by atoms with Crippen molar-refractivity contribution in [1.29, 1.82) is 0 Å². The molecule has 1 saturated carbocycles. The summed E-state index contributed by atoms with van der Waals surface area (Å²) in [7, 11) is 0. The van der Waals surface area contributed by atoms with Crippen molar-refractivity contribution in [1.82, 2.24) is 4.90 Å². The highest BCUT2D eigenvalue weighted by molar-refractivity contribution is 4.87. The zero-order valence-electron chi connectivity index (χ0n) is 11.0. The second-order valence-electron chi connectivity index (χ2n) is 5.97. The van der Waals surface area contributed by atoms with E-state index in [2.05, 4.69) is 0 Å². The molecule has 2 aliphatic rings. The Kier molecular flexibility index (Phi) is 4.76. The molecule has 0 amide bonds. The quantitative estimate of drug-likeness (QED) is 0.708. The molecule has 0 aromatic rings. The van der Waals surface area contributed by atoms with E-state index in [1.54, 1.807) is 0 Å². The fourth-order valence-electron chi connectivity index (χ4n) is 3.01. The summed E-state index contributed by atoms with van der Waals surface area (Å²) in [4.78, 5) is 1.90. The van der Waals surface area contributed by atoms with E-state index in [4.69, 9.17) is 0 Å². The van der Waals surface area contributed by atoms with Gasteiger partial charge in [0, 0.05) is 25.9 Å². The third-order valence-electron chi connectivity index (χ3n) is 4.37. The molecule has 1 aliphatic carbocycles. The zero-order chi connectivity index (χ0) is 14.0. The summed E-state index contributed by atoms with van der Waals surface area (Å²) in [5.41, 5.74) is 0. The minimum absolute atomic E-state index is 0.0262. The van der Waals surface area contributed by atoms with Crippen LogP contribution < -0.4 is 0 Å². The molecular weight excluding hydrogens is 256 g/mol. The van der Waals surface area contributed by atoms with Crippen molar-refractivity contribution >= 4 is 0 Å². The van der Waals surface area contributed by atoms with Crippen LogP contribution in [0, 0.1) is 5.92 Å². The first-order chi connectivity index (χ1) is 8.87. The van der Waals surface area contributed by atoms with Crippen LogP contribution in [0.5, 0.6) is 0 Å². The number of β-amino-alcohol motifs (C(OH)–C–C–N with tert-alkyl or cyclic N) is 2. The highest BCUT2D eigenvalue weighted by Crippen LogP contribution is 2.37. The predicted molar refractivity (Wildman–Crippen MR) is 66.0 cm³/mol. The minimum atomic E-state index is -2.49. The molecule has 2 rings (SSSR count). The van der Waals surface area contributed by atoms with E-state index in [0.717, 1.165) is 6.42 Å². The minimum Gasteiger partial charge on any atom is -0.389 e. The molecule has 0 radical (unpaired) electrons. The lowest BCUT2D eigenvalue weighted by atomic mass is 9.84. The van der Waals surface area contributed by atoms with Gasteiger partial charge in [-0.3, -0.25) is 4.90 Å². The van der Waals surface area contributed by atoms with Gasteiger partial charge in [0.1, 0.15) is 6.10 Å². The van der Waals surface area contributed by atoms with Gasteiger partial charge in [-0.2, -0.15) is 0 Å². The monoisotopic (exact) mass is 279 g/mol. The van der Waals surface area contributed by atoms with Crippen LogP contribution in [0.1, 0.15) is 32.1 Å². The second-order valence-corrected chi connectivity index (χ2v) is 5.97. The first kappa shape index (κ1) is 15.1. The summed E-state index contributed by atoms with van der Waals surface area (Å²) in [6.45, 7) is 1.35. The van der Waals surface area contributed by atoms with Crippen LogP contribution in [0.3, 0.4) is 0 Å².